The number of alkyl halides is 2. The van der Waals surface area contributed by atoms with Crippen LogP contribution in [0.3, 0.4) is 0 Å². The maximum absolute atomic E-state index is 12.4. The Morgan fingerprint density at radius 1 is 1.67 bits per heavy atom. The minimum Gasteiger partial charge on any atom is -0.469 e. The number of halogens is 2. The molecule has 1 rings (SSSR count). The zero-order chi connectivity index (χ0) is 13.9. The minimum atomic E-state index is -2.99. The molecule has 18 heavy (non-hydrogen) atoms. The lowest BCUT2D eigenvalue weighted by Crippen LogP contribution is -2.12. The molecule has 0 aliphatic rings. The SMILES string of the molecule is COC(=O)Cc1c(N)cc(C(F)F)nc1[N+](=O)[O-]. The predicted octanol–water partition coefficient (Wildman–Crippen LogP) is 1.23. The number of aromatic nitrogens is 1. The molecule has 0 radical (unpaired) electrons. The lowest BCUT2D eigenvalue weighted by atomic mass is 10.1. The van der Waals surface area contributed by atoms with Gasteiger partial charge in [-0.15, -0.1) is 0 Å². The third-order valence-electron chi connectivity index (χ3n) is 2.10. The van der Waals surface area contributed by atoms with Crippen LogP contribution in [0.1, 0.15) is 17.7 Å². The molecule has 0 unspecified atom stereocenters. The summed E-state index contributed by atoms with van der Waals surface area (Å²) in [5.74, 6) is -1.65. The third kappa shape index (κ3) is 2.87. The van der Waals surface area contributed by atoms with E-state index in [0.29, 0.717) is 0 Å². The molecule has 0 fully saturated rings. The van der Waals surface area contributed by atoms with Crippen molar-refractivity contribution in [3.63, 3.8) is 0 Å². The molecule has 1 aromatic heterocycles. The Kier molecular flexibility index (Phi) is 4.08. The zero-order valence-electron chi connectivity index (χ0n) is 9.22. The standard InChI is InChI=1S/C9H9F2N3O4/c1-18-7(15)2-4-5(12)3-6(8(10)11)13-9(4)14(16)17/h3,8H,2H2,1H3,(H2,12,13). The number of nitrogens with two attached hydrogens (primary N) is 1. The van der Waals surface area contributed by atoms with Gasteiger partial charge in [-0.3, -0.25) is 4.79 Å². The normalized spacial score (nSPS) is 10.4. The van der Waals surface area contributed by atoms with Gasteiger partial charge in [-0.05, 0) is 9.91 Å². The second-order valence-electron chi connectivity index (χ2n) is 3.25. The number of rotatable bonds is 4. The van der Waals surface area contributed by atoms with Crippen LogP contribution in [0.2, 0.25) is 0 Å². The van der Waals surface area contributed by atoms with Crippen molar-refractivity contribution in [3.05, 3.63) is 27.4 Å². The van der Waals surface area contributed by atoms with E-state index >= 15 is 0 Å². The van der Waals surface area contributed by atoms with Crippen molar-refractivity contribution in [3.8, 4) is 0 Å². The summed E-state index contributed by atoms with van der Waals surface area (Å²) in [5.41, 5.74) is 4.07. The number of nitrogen functional groups attached to an aromatic ring is 1. The van der Waals surface area contributed by atoms with E-state index in [0.717, 1.165) is 13.2 Å². The molecule has 0 aliphatic carbocycles. The van der Waals surface area contributed by atoms with Crippen molar-refractivity contribution in [2.24, 2.45) is 0 Å². The highest BCUT2D eigenvalue weighted by atomic mass is 19.3. The monoisotopic (exact) mass is 261 g/mol. The van der Waals surface area contributed by atoms with Crippen LogP contribution in [-0.2, 0) is 16.0 Å². The molecule has 0 saturated heterocycles. The number of nitro groups is 1. The summed E-state index contributed by atoms with van der Waals surface area (Å²) >= 11 is 0. The maximum Gasteiger partial charge on any atom is 0.369 e. The lowest BCUT2D eigenvalue weighted by molar-refractivity contribution is -0.390. The first-order valence-electron chi connectivity index (χ1n) is 4.65. The van der Waals surface area contributed by atoms with E-state index in [4.69, 9.17) is 5.73 Å². The Morgan fingerprint density at radius 3 is 2.72 bits per heavy atom. The average molecular weight is 261 g/mol. The van der Waals surface area contributed by atoms with Gasteiger partial charge in [0.25, 0.3) is 0 Å². The second-order valence-corrected chi connectivity index (χ2v) is 3.25. The summed E-state index contributed by atoms with van der Waals surface area (Å²) in [4.78, 5) is 24.0. The van der Waals surface area contributed by atoms with Crippen molar-refractivity contribution in [1.82, 2.24) is 4.98 Å². The minimum absolute atomic E-state index is 0.240. The molecule has 1 heterocycles. The van der Waals surface area contributed by atoms with Crippen LogP contribution in [0.5, 0.6) is 0 Å². The average Bonchev–Trinajstić information content (AvgIpc) is 2.30. The molecule has 1 aromatic rings. The smallest absolute Gasteiger partial charge is 0.369 e. The Labute approximate surface area is 99.7 Å². The molecule has 9 heteroatoms. The molecule has 0 aliphatic heterocycles. The highest BCUT2D eigenvalue weighted by Crippen LogP contribution is 2.28. The van der Waals surface area contributed by atoms with Crippen LogP contribution in [0, 0.1) is 10.1 Å². The first-order valence-corrected chi connectivity index (χ1v) is 4.65. The number of nitrogens with zero attached hydrogens (tertiary/aromatic N) is 2. The van der Waals surface area contributed by atoms with Gasteiger partial charge in [0.1, 0.15) is 0 Å². The fourth-order valence-electron chi connectivity index (χ4n) is 1.26. The summed E-state index contributed by atoms with van der Waals surface area (Å²) in [6.07, 6.45) is -3.49. The summed E-state index contributed by atoms with van der Waals surface area (Å²) in [6.45, 7) is 0. The van der Waals surface area contributed by atoms with E-state index in [1.165, 1.54) is 0 Å². The van der Waals surface area contributed by atoms with Gasteiger partial charge in [-0.25, -0.2) is 8.78 Å². The summed E-state index contributed by atoms with van der Waals surface area (Å²) in [6, 6.07) is 0.802. The van der Waals surface area contributed by atoms with Crippen LogP contribution in [0.25, 0.3) is 0 Å². The summed E-state index contributed by atoms with van der Waals surface area (Å²) < 4.78 is 29.2. The number of hydrogen-bond donors (Lipinski definition) is 1. The van der Waals surface area contributed by atoms with Crippen molar-refractivity contribution in [2.75, 3.05) is 12.8 Å². The lowest BCUT2D eigenvalue weighted by Gasteiger charge is -2.06. The first-order chi connectivity index (χ1) is 8.36. The van der Waals surface area contributed by atoms with E-state index in [1.54, 1.807) is 0 Å². The fourth-order valence-corrected chi connectivity index (χ4v) is 1.26. The molecule has 0 saturated carbocycles. The molecule has 0 aromatic carbocycles. The number of carbonyl (C=O) groups is 1. The second kappa shape index (κ2) is 5.34. The van der Waals surface area contributed by atoms with Crippen LogP contribution >= 0.6 is 0 Å². The number of anilines is 1. The quantitative estimate of drug-likeness (QED) is 0.496. The van der Waals surface area contributed by atoms with Crippen molar-refractivity contribution < 1.29 is 23.2 Å². The van der Waals surface area contributed by atoms with Crippen molar-refractivity contribution >= 4 is 17.5 Å². The van der Waals surface area contributed by atoms with Gasteiger partial charge in [-0.1, -0.05) is 0 Å². The molecule has 0 spiro atoms. The molecule has 0 amide bonds. The maximum atomic E-state index is 12.4. The number of hydrogen-bond acceptors (Lipinski definition) is 6. The number of carbonyl (C=O) groups excluding carboxylic acids is 1. The number of esters is 1. The van der Waals surface area contributed by atoms with E-state index in [1.807, 2.05) is 0 Å². The van der Waals surface area contributed by atoms with Crippen LogP contribution in [-0.4, -0.2) is 23.0 Å². The van der Waals surface area contributed by atoms with Crippen molar-refractivity contribution in [1.29, 1.82) is 0 Å². The predicted molar refractivity (Wildman–Crippen MR) is 56.0 cm³/mol. The molecule has 7 nitrogen and oxygen atoms in total. The topological polar surface area (TPSA) is 108 Å². The summed E-state index contributed by atoms with van der Waals surface area (Å²) in [7, 11) is 1.09. The molecule has 98 valence electrons. The van der Waals surface area contributed by atoms with E-state index in [-0.39, 0.29) is 11.3 Å². The first kappa shape index (κ1) is 13.7. The number of ether oxygens (including phenoxy) is 1. The van der Waals surface area contributed by atoms with E-state index in [9.17, 15) is 23.7 Å². The van der Waals surface area contributed by atoms with Crippen LogP contribution in [0.15, 0.2) is 6.07 Å². The Balaban J connectivity index is 3.31. The Bertz CT molecular complexity index is 493. The zero-order valence-corrected chi connectivity index (χ0v) is 9.22. The Hall–Kier alpha value is -2.32. The number of pyridine rings is 1. The van der Waals surface area contributed by atoms with Crippen molar-refractivity contribution in [2.45, 2.75) is 12.8 Å². The third-order valence-corrected chi connectivity index (χ3v) is 2.10. The molecular weight excluding hydrogens is 252 g/mol. The van der Waals surface area contributed by atoms with Gasteiger partial charge in [0.2, 0.25) is 5.69 Å². The van der Waals surface area contributed by atoms with E-state index in [2.05, 4.69) is 9.72 Å². The molecule has 2 N–H and O–H groups in total. The molecule has 0 bridgehead atoms. The summed E-state index contributed by atoms with van der Waals surface area (Å²) in [5, 5.41) is 10.7. The molecule has 0 atom stereocenters. The van der Waals surface area contributed by atoms with Gasteiger partial charge in [0.15, 0.2) is 0 Å². The number of methoxy groups -OCH3 is 1. The van der Waals surface area contributed by atoms with Gasteiger partial charge in [-0.2, -0.15) is 0 Å². The van der Waals surface area contributed by atoms with Crippen LogP contribution < -0.4 is 5.73 Å². The highest BCUT2D eigenvalue weighted by Gasteiger charge is 2.27. The van der Waals surface area contributed by atoms with Gasteiger partial charge in [0.05, 0.1) is 19.1 Å². The van der Waals surface area contributed by atoms with Gasteiger partial charge < -0.3 is 20.6 Å². The highest BCUT2D eigenvalue weighted by molar-refractivity contribution is 5.76. The van der Waals surface area contributed by atoms with Gasteiger partial charge >= 0.3 is 18.2 Å². The largest absolute Gasteiger partial charge is 0.469 e. The Morgan fingerprint density at radius 2 is 2.28 bits per heavy atom. The van der Waals surface area contributed by atoms with Gasteiger partial charge in [0, 0.05) is 11.8 Å². The molecular formula is C9H9F2N3O4. The van der Waals surface area contributed by atoms with E-state index < -0.39 is 35.3 Å². The van der Waals surface area contributed by atoms with Crippen LogP contribution in [0.4, 0.5) is 20.3 Å². The fraction of sp³-hybridized carbons (Fsp3) is 0.333.